The SMILES string of the molecule is Cc1ccnc(NC(=O)Nc2ccc(F)cc2)n1. The van der Waals surface area contributed by atoms with E-state index >= 15 is 0 Å². The lowest BCUT2D eigenvalue weighted by Crippen LogP contribution is -2.20. The summed E-state index contributed by atoms with van der Waals surface area (Å²) in [5.41, 5.74) is 1.24. The number of amides is 2. The van der Waals surface area contributed by atoms with Gasteiger partial charge in [0.25, 0.3) is 0 Å². The van der Waals surface area contributed by atoms with Crippen molar-refractivity contribution in [3.05, 3.63) is 48.0 Å². The summed E-state index contributed by atoms with van der Waals surface area (Å²) in [6.45, 7) is 1.80. The van der Waals surface area contributed by atoms with Crippen molar-refractivity contribution >= 4 is 17.7 Å². The first kappa shape index (κ1) is 12.0. The number of hydrogen-bond donors (Lipinski definition) is 2. The van der Waals surface area contributed by atoms with Crippen molar-refractivity contribution in [2.45, 2.75) is 6.92 Å². The van der Waals surface area contributed by atoms with Gasteiger partial charge in [0.2, 0.25) is 5.95 Å². The Balaban J connectivity index is 1.98. The van der Waals surface area contributed by atoms with Crippen molar-refractivity contribution < 1.29 is 9.18 Å². The molecule has 5 nitrogen and oxygen atoms in total. The zero-order valence-electron chi connectivity index (χ0n) is 9.64. The number of aryl methyl sites for hydroxylation is 1. The Morgan fingerprint density at radius 2 is 1.89 bits per heavy atom. The van der Waals surface area contributed by atoms with Gasteiger partial charge in [-0.15, -0.1) is 0 Å². The van der Waals surface area contributed by atoms with Crippen LogP contribution in [0.15, 0.2) is 36.5 Å². The van der Waals surface area contributed by atoms with Crippen molar-refractivity contribution in [2.75, 3.05) is 10.6 Å². The normalized spacial score (nSPS) is 9.89. The Morgan fingerprint density at radius 3 is 2.56 bits per heavy atom. The van der Waals surface area contributed by atoms with Crippen LogP contribution in [0.1, 0.15) is 5.69 Å². The molecule has 0 bridgehead atoms. The monoisotopic (exact) mass is 246 g/mol. The Hall–Kier alpha value is -2.50. The van der Waals surface area contributed by atoms with E-state index in [4.69, 9.17) is 0 Å². The molecule has 0 aliphatic heterocycles. The van der Waals surface area contributed by atoms with Crippen LogP contribution in [-0.4, -0.2) is 16.0 Å². The number of benzene rings is 1. The zero-order valence-corrected chi connectivity index (χ0v) is 9.64. The van der Waals surface area contributed by atoms with E-state index in [1.165, 1.54) is 24.3 Å². The minimum absolute atomic E-state index is 0.217. The highest BCUT2D eigenvalue weighted by Gasteiger charge is 2.04. The lowest BCUT2D eigenvalue weighted by atomic mass is 10.3. The van der Waals surface area contributed by atoms with Crippen LogP contribution < -0.4 is 10.6 Å². The summed E-state index contributed by atoms with van der Waals surface area (Å²) in [7, 11) is 0. The standard InChI is InChI=1S/C12H11FN4O/c1-8-6-7-14-11(15-8)17-12(18)16-10-4-2-9(13)3-5-10/h2-7H,1H3,(H2,14,15,16,17,18). The van der Waals surface area contributed by atoms with Crippen LogP contribution in [-0.2, 0) is 0 Å². The van der Waals surface area contributed by atoms with Gasteiger partial charge in [-0.05, 0) is 37.3 Å². The molecule has 6 heteroatoms. The lowest BCUT2D eigenvalue weighted by molar-refractivity contribution is 0.262. The molecule has 2 rings (SSSR count). The number of nitrogens with one attached hydrogen (secondary N) is 2. The maximum absolute atomic E-state index is 12.7. The van der Waals surface area contributed by atoms with Crippen LogP contribution in [0.3, 0.4) is 0 Å². The predicted octanol–water partition coefficient (Wildman–Crippen LogP) is 2.57. The second-order valence-electron chi connectivity index (χ2n) is 3.61. The molecule has 0 saturated carbocycles. The molecular weight excluding hydrogens is 235 g/mol. The first-order chi connectivity index (χ1) is 8.63. The number of nitrogens with zero attached hydrogens (tertiary/aromatic N) is 2. The molecule has 0 saturated heterocycles. The van der Waals surface area contributed by atoms with Crippen LogP contribution in [0, 0.1) is 12.7 Å². The molecule has 1 aromatic heterocycles. The average Bonchev–Trinajstić information content (AvgIpc) is 2.32. The number of carbonyl (C=O) groups is 1. The molecule has 1 aromatic carbocycles. The van der Waals surface area contributed by atoms with E-state index in [0.717, 1.165) is 5.69 Å². The zero-order chi connectivity index (χ0) is 13.0. The van der Waals surface area contributed by atoms with Gasteiger partial charge in [0.05, 0.1) is 0 Å². The van der Waals surface area contributed by atoms with Gasteiger partial charge >= 0.3 is 6.03 Å². The van der Waals surface area contributed by atoms with Crippen molar-refractivity contribution in [3.63, 3.8) is 0 Å². The van der Waals surface area contributed by atoms with E-state index in [2.05, 4.69) is 20.6 Å². The number of aromatic nitrogens is 2. The summed E-state index contributed by atoms with van der Waals surface area (Å²) in [5.74, 6) is -0.141. The van der Waals surface area contributed by atoms with E-state index in [1.807, 2.05) is 0 Å². The molecule has 1 heterocycles. The fourth-order valence-corrected chi connectivity index (χ4v) is 1.31. The molecule has 2 N–H and O–H groups in total. The van der Waals surface area contributed by atoms with Gasteiger partial charge in [0, 0.05) is 17.6 Å². The number of halogens is 1. The van der Waals surface area contributed by atoms with Crippen molar-refractivity contribution in [2.24, 2.45) is 0 Å². The van der Waals surface area contributed by atoms with E-state index in [1.54, 1.807) is 19.2 Å². The third-order valence-electron chi connectivity index (χ3n) is 2.12. The van der Waals surface area contributed by atoms with Crippen molar-refractivity contribution in [1.29, 1.82) is 0 Å². The first-order valence-corrected chi connectivity index (χ1v) is 5.27. The maximum Gasteiger partial charge on any atom is 0.326 e. The number of carbonyl (C=O) groups excluding carboxylic acids is 1. The van der Waals surface area contributed by atoms with Gasteiger partial charge in [-0.1, -0.05) is 0 Å². The second-order valence-corrected chi connectivity index (χ2v) is 3.61. The topological polar surface area (TPSA) is 66.9 Å². The molecule has 0 fully saturated rings. The maximum atomic E-state index is 12.7. The fraction of sp³-hybridized carbons (Fsp3) is 0.0833. The van der Waals surface area contributed by atoms with Crippen LogP contribution in [0.4, 0.5) is 20.8 Å². The van der Waals surface area contributed by atoms with Crippen LogP contribution in [0.25, 0.3) is 0 Å². The van der Waals surface area contributed by atoms with E-state index in [0.29, 0.717) is 5.69 Å². The summed E-state index contributed by atoms with van der Waals surface area (Å²) in [6.07, 6.45) is 1.55. The molecule has 0 radical (unpaired) electrons. The van der Waals surface area contributed by atoms with Crippen LogP contribution >= 0.6 is 0 Å². The molecule has 0 spiro atoms. The molecule has 2 amide bonds. The number of hydrogen-bond acceptors (Lipinski definition) is 3. The molecular formula is C12H11FN4O. The van der Waals surface area contributed by atoms with Gasteiger partial charge in [-0.2, -0.15) is 0 Å². The Kier molecular flexibility index (Phi) is 3.47. The van der Waals surface area contributed by atoms with Gasteiger partial charge in [0.1, 0.15) is 5.82 Å². The lowest BCUT2D eigenvalue weighted by Gasteiger charge is -2.06. The Bertz CT molecular complexity index is 556. The first-order valence-electron chi connectivity index (χ1n) is 5.27. The van der Waals surface area contributed by atoms with Crippen molar-refractivity contribution in [3.8, 4) is 0 Å². The molecule has 18 heavy (non-hydrogen) atoms. The third-order valence-corrected chi connectivity index (χ3v) is 2.12. The molecule has 0 atom stereocenters. The summed E-state index contributed by atoms with van der Waals surface area (Å²) in [4.78, 5) is 19.5. The quantitative estimate of drug-likeness (QED) is 0.855. The average molecular weight is 246 g/mol. The van der Waals surface area contributed by atoms with Crippen molar-refractivity contribution in [1.82, 2.24) is 9.97 Å². The minimum Gasteiger partial charge on any atom is -0.308 e. The van der Waals surface area contributed by atoms with E-state index < -0.39 is 6.03 Å². The second kappa shape index (κ2) is 5.22. The number of anilines is 2. The molecule has 0 aliphatic rings. The molecule has 0 aliphatic carbocycles. The highest BCUT2D eigenvalue weighted by atomic mass is 19.1. The van der Waals surface area contributed by atoms with E-state index in [9.17, 15) is 9.18 Å². The molecule has 92 valence electrons. The number of rotatable bonds is 2. The highest BCUT2D eigenvalue weighted by molar-refractivity contribution is 5.98. The summed E-state index contributed by atoms with van der Waals surface area (Å²) in [5, 5.41) is 5.02. The van der Waals surface area contributed by atoms with Gasteiger partial charge in [0.15, 0.2) is 0 Å². The predicted molar refractivity (Wildman–Crippen MR) is 65.8 cm³/mol. The summed E-state index contributed by atoms with van der Waals surface area (Å²) >= 11 is 0. The van der Waals surface area contributed by atoms with Gasteiger partial charge in [-0.3, -0.25) is 5.32 Å². The Labute approximate surface area is 103 Å². The van der Waals surface area contributed by atoms with Crippen LogP contribution in [0.2, 0.25) is 0 Å². The van der Waals surface area contributed by atoms with Gasteiger partial charge in [-0.25, -0.2) is 19.2 Å². The van der Waals surface area contributed by atoms with E-state index in [-0.39, 0.29) is 11.8 Å². The fourth-order valence-electron chi connectivity index (χ4n) is 1.31. The molecule has 2 aromatic rings. The van der Waals surface area contributed by atoms with Crippen LogP contribution in [0.5, 0.6) is 0 Å². The largest absolute Gasteiger partial charge is 0.326 e. The summed E-state index contributed by atoms with van der Waals surface area (Å²) < 4.78 is 12.7. The Morgan fingerprint density at radius 1 is 1.17 bits per heavy atom. The van der Waals surface area contributed by atoms with Gasteiger partial charge < -0.3 is 5.32 Å². The highest BCUT2D eigenvalue weighted by Crippen LogP contribution is 2.08. The number of urea groups is 1. The summed E-state index contributed by atoms with van der Waals surface area (Å²) in [6, 6.07) is 6.70. The molecule has 0 unspecified atom stereocenters. The minimum atomic E-state index is -0.479. The third kappa shape index (κ3) is 3.24. The smallest absolute Gasteiger partial charge is 0.308 e.